The zero-order valence-corrected chi connectivity index (χ0v) is 16.2. The standard InChI is InChI=1S/C19H16BrF3N2S/c20-10-13-8-16(22)19(17(23)9-13)26-14-3-5-25(6-4-14)18-2-1-12(11-24)7-15(18)21/h1-2,7-9,14H,3-6,10H2. The lowest BCUT2D eigenvalue weighted by Crippen LogP contribution is -2.35. The largest absolute Gasteiger partial charge is 0.369 e. The normalized spacial score (nSPS) is 15.1. The van der Waals surface area contributed by atoms with Crippen LogP contribution in [-0.2, 0) is 5.33 Å². The highest BCUT2D eigenvalue weighted by atomic mass is 79.9. The van der Waals surface area contributed by atoms with Gasteiger partial charge >= 0.3 is 0 Å². The third kappa shape index (κ3) is 4.18. The Labute approximate surface area is 163 Å². The number of piperidine rings is 1. The van der Waals surface area contributed by atoms with Crippen LogP contribution in [0.4, 0.5) is 18.9 Å². The van der Waals surface area contributed by atoms with Gasteiger partial charge < -0.3 is 4.90 Å². The second-order valence-corrected chi connectivity index (χ2v) is 7.98. The van der Waals surface area contributed by atoms with Gasteiger partial charge in [-0.25, -0.2) is 13.2 Å². The Morgan fingerprint density at radius 2 is 1.73 bits per heavy atom. The van der Waals surface area contributed by atoms with Crippen LogP contribution in [0.15, 0.2) is 35.2 Å². The molecule has 0 amide bonds. The zero-order valence-electron chi connectivity index (χ0n) is 13.8. The molecule has 2 nitrogen and oxygen atoms in total. The summed E-state index contributed by atoms with van der Waals surface area (Å²) in [5.41, 5.74) is 1.32. The van der Waals surface area contributed by atoms with Gasteiger partial charge in [-0.1, -0.05) is 15.9 Å². The molecule has 1 aliphatic rings. The molecule has 7 heteroatoms. The summed E-state index contributed by atoms with van der Waals surface area (Å²) >= 11 is 4.41. The van der Waals surface area contributed by atoms with E-state index in [-0.39, 0.29) is 15.7 Å². The van der Waals surface area contributed by atoms with Crippen molar-refractivity contribution in [1.29, 1.82) is 5.26 Å². The van der Waals surface area contributed by atoms with Crippen LogP contribution >= 0.6 is 27.7 Å². The summed E-state index contributed by atoms with van der Waals surface area (Å²) in [4.78, 5) is 1.96. The third-order valence-corrected chi connectivity index (χ3v) is 6.43. The molecule has 2 aromatic carbocycles. The highest BCUT2D eigenvalue weighted by molar-refractivity contribution is 9.08. The first-order valence-electron chi connectivity index (χ1n) is 8.17. The van der Waals surface area contributed by atoms with E-state index in [1.54, 1.807) is 12.1 Å². The lowest BCUT2D eigenvalue weighted by molar-refractivity contribution is 0.533. The number of anilines is 1. The summed E-state index contributed by atoms with van der Waals surface area (Å²) in [5, 5.41) is 9.30. The first-order chi connectivity index (χ1) is 12.5. The predicted octanol–water partition coefficient (Wildman–Crippen LogP) is 5.63. The number of hydrogen-bond donors (Lipinski definition) is 0. The van der Waals surface area contributed by atoms with Gasteiger partial charge in [0.15, 0.2) is 0 Å². The molecule has 3 rings (SSSR count). The predicted molar refractivity (Wildman–Crippen MR) is 101 cm³/mol. The lowest BCUT2D eigenvalue weighted by Gasteiger charge is -2.33. The van der Waals surface area contributed by atoms with Crippen LogP contribution in [0.3, 0.4) is 0 Å². The minimum Gasteiger partial charge on any atom is -0.369 e. The Morgan fingerprint density at radius 1 is 1.08 bits per heavy atom. The SMILES string of the molecule is N#Cc1ccc(N2CCC(Sc3c(F)cc(CBr)cc3F)CC2)c(F)c1. The van der Waals surface area contributed by atoms with Crippen molar-refractivity contribution in [3.63, 3.8) is 0 Å². The van der Waals surface area contributed by atoms with Crippen molar-refractivity contribution in [3.05, 3.63) is 58.9 Å². The molecule has 1 saturated heterocycles. The number of halogens is 4. The van der Waals surface area contributed by atoms with Gasteiger partial charge in [0.05, 0.1) is 22.2 Å². The quantitative estimate of drug-likeness (QED) is 0.576. The lowest BCUT2D eigenvalue weighted by atomic mass is 10.1. The molecule has 0 radical (unpaired) electrons. The van der Waals surface area contributed by atoms with E-state index in [1.165, 1.54) is 30.0 Å². The molecule has 136 valence electrons. The summed E-state index contributed by atoms with van der Waals surface area (Å²) < 4.78 is 42.4. The zero-order chi connectivity index (χ0) is 18.7. The molecule has 26 heavy (non-hydrogen) atoms. The number of rotatable bonds is 4. The minimum absolute atomic E-state index is 0.0534. The number of nitrogens with zero attached hydrogens (tertiary/aromatic N) is 2. The van der Waals surface area contributed by atoms with Crippen LogP contribution in [-0.4, -0.2) is 18.3 Å². The van der Waals surface area contributed by atoms with E-state index in [2.05, 4.69) is 15.9 Å². The van der Waals surface area contributed by atoms with Gasteiger partial charge in [0.2, 0.25) is 0 Å². The minimum atomic E-state index is -0.537. The van der Waals surface area contributed by atoms with Gasteiger partial charge in [0.1, 0.15) is 17.5 Å². The molecule has 0 atom stereocenters. The van der Waals surface area contributed by atoms with Crippen molar-refractivity contribution >= 4 is 33.4 Å². The number of hydrogen-bond acceptors (Lipinski definition) is 3. The maximum atomic E-state index is 14.2. The van der Waals surface area contributed by atoms with Crippen LogP contribution in [0.2, 0.25) is 0 Å². The van der Waals surface area contributed by atoms with Gasteiger partial charge in [0.25, 0.3) is 0 Å². The summed E-state index contributed by atoms with van der Waals surface area (Å²) in [6.45, 7) is 1.20. The van der Waals surface area contributed by atoms with E-state index in [4.69, 9.17) is 5.26 Å². The molecule has 0 aliphatic carbocycles. The van der Waals surface area contributed by atoms with Crippen LogP contribution in [0.5, 0.6) is 0 Å². The molecule has 1 aliphatic heterocycles. The number of alkyl halides is 1. The highest BCUT2D eigenvalue weighted by Gasteiger charge is 2.24. The Hall–Kier alpha value is -1.65. The third-order valence-electron chi connectivity index (χ3n) is 4.36. The van der Waals surface area contributed by atoms with Gasteiger partial charge in [-0.05, 0) is 48.7 Å². The molecular weight excluding hydrogens is 425 g/mol. The van der Waals surface area contributed by atoms with Crippen molar-refractivity contribution < 1.29 is 13.2 Å². The van der Waals surface area contributed by atoms with Gasteiger partial charge in [-0.15, -0.1) is 11.8 Å². The molecule has 1 fully saturated rings. The molecule has 0 unspecified atom stereocenters. The van der Waals surface area contributed by atoms with Gasteiger partial charge in [-0.2, -0.15) is 5.26 Å². The topological polar surface area (TPSA) is 27.0 Å². The number of nitriles is 1. The summed E-state index contributed by atoms with van der Waals surface area (Å²) in [6, 6.07) is 9.04. The molecule has 1 heterocycles. The van der Waals surface area contributed by atoms with E-state index in [1.807, 2.05) is 11.0 Å². The van der Waals surface area contributed by atoms with E-state index >= 15 is 0 Å². The molecular formula is C19H16BrF3N2S. The Balaban J connectivity index is 1.65. The second-order valence-electron chi connectivity index (χ2n) is 6.10. The molecule has 0 aromatic heterocycles. The fourth-order valence-corrected chi connectivity index (χ4v) is 4.46. The van der Waals surface area contributed by atoms with E-state index in [9.17, 15) is 13.2 Å². The van der Waals surface area contributed by atoms with E-state index in [0.717, 1.165) is 0 Å². The highest BCUT2D eigenvalue weighted by Crippen LogP contribution is 2.36. The first kappa shape index (κ1) is 19.1. The maximum absolute atomic E-state index is 14.2. The van der Waals surface area contributed by atoms with Crippen LogP contribution < -0.4 is 4.90 Å². The average Bonchev–Trinajstić information content (AvgIpc) is 2.65. The fourth-order valence-electron chi connectivity index (χ4n) is 3.02. The van der Waals surface area contributed by atoms with Crippen molar-refractivity contribution in [2.75, 3.05) is 18.0 Å². The Bertz CT molecular complexity index is 822. The van der Waals surface area contributed by atoms with Crippen molar-refractivity contribution in [2.24, 2.45) is 0 Å². The molecule has 2 aromatic rings. The average molecular weight is 441 g/mol. The van der Waals surface area contributed by atoms with Crippen molar-refractivity contribution in [3.8, 4) is 6.07 Å². The van der Waals surface area contributed by atoms with Crippen molar-refractivity contribution in [1.82, 2.24) is 0 Å². The van der Waals surface area contributed by atoms with Gasteiger partial charge in [0, 0.05) is 23.7 Å². The summed E-state index contributed by atoms with van der Waals surface area (Å²) in [5.74, 6) is -1.49. The van der Waals surface area contributed by atoms with E-state index < -0.39 is 17.5 Å². The molecule has 0 saturated carbocycles. The number of benzene rings is 2. The number of thioether (sulfide) groups is 1. The van der Waals surface area contributed by atoms with Crippen molar-refractivity contribution in [2.45, 2.75) is 28.3 Å². The molecule has 0 bridgehead atoms. The van der Waals surface area contributed by atoms with E-state index in [0.29, 0.717) is 42.5 Å². The summed E-state index contributed by atoms with van der Waals surface area (Å²) in [6.07, 6.45) is 1.40. The maximum Gasteiger partial charge on any atom is 0.147 e. The second kappa shape index (κ2) is 8.36. The summed E-state index contributed by atoms with van der Waals surface area (Å²) in [7, 11) is 0. The molecule has 0 N–H and O–H groups in total. The van der Waals surface area contributed by atoms with Crippen LogP contribution in [0.25, 0.3) is 0 Å². The van der Waals surface area contributed by atoms with Gasteiger partial charge in [-0.3, -0.25) is 0 Å². The monoisotopic (exact) mass is 440 g/mol. The Kier molecular flexibility index (Phi) is 6.15. The smallest absolute Gasteiger partial charge is 0.147 e. The van der Waals surface area contributed by atoms with Crippen LogP contribution in [0, 0.1) is 28.8 Å². The van der Waals surface area contributed by atoms with Crippen LogP contribution in [0.1, 0.15) is 24.0 Å². The molecule has 0 spiro atoms. The first-order valence-corrected chi connectivity index (χ1v) is 10.2. The fraction of sp³-hybridized carbons (Fsp3) is 0.316. The Morgan fingerprint density at radius 3 is 2.27 bits per heavy atom.